The number of carbonyl (C=O) groups is 1. The molecule has 1 amide bonds. The number of para-hydroxylation sites is 2. The summed E-state index contributed by atoms with van der Waals surface area (Å²) in [5, 5.41) is 7.45. The van der Waals surface area contributed by atoms with Gasteiger partial charge < -0.3 is 25.3 Å². The van der Waals surface area contributed by atoms with Gasteiger partial charge in [0, 0.05) is 39.3 Å². The average Bonchev–Trinajstić information content (AvgIpc) is 2.84. The number of benzene rings is 1. The largest absolute Gasteiger partial charge is 0.373 e. The molecule has 0 saturated carbocycles. The maximum absolute atomic E-state index is 12.2. The maximum Gasteiger partial charge on any atom is 0.214 e. The summed E-state index contributed by atoms with van der Waals surface area (Å²) in [6.45, 7) is 4.39. The predicted molar refractivity (Wildman–Crippen MR) is 148 cm³/mol. The monoisotopic (exact) mass is 481 g/mol. The highest BCUT2D eigenvalue weighted by atomic mass is 32.1. The van der Waals surface area contributed by atoms with Gasteiger partial charge in [-0.2, -0.15) is 0 Å². The molecule has 1 aromatic carbocycles. The standard InChI is InChI=1S/C27H39N5OS/c1-28-17-10-18-30(2)25-13-8-9-14-26(25)32(22-33)24-15-19-31(20-16-24)27(34)29-21-23-11-6-4-3-5-7-12-23/h3-6,8-9,12-14,22,24,28H,7,10-11,15-21H2,1-2H3,(H,29,34)/b5-3-,6-4-,23-12+. The van der Waals surface area contributed by atoms with E-state index in [1.165, 1.54) is 5.57 Å². The van der Waals surface area contributed by atoms with Crippen LogP contribution >= 0.6 is 12.2 Å². The van der Waals surface area contributed by atoms with E-state index in [-0.39, 0.29) is 6.04 Å². The number of anilines is 2. The van der Waals surface area contributed by atoms with Crippen LogP contribution in [0.4, 0.5) is 11.4 Å². The second-order valence-corrected chi connectivity index (χ2v) is 9.30. The molecule has 2 N–H and O–H groups in total. The summed E-state index contributed by atoms with van der Waals surface area (Å²) in [6.07, 6.45) is 16.6. The van der Waals surface area contributed by atoms with Crippen molar-refractivity contribution in [3.05, 3.63) is 60.2 Å². The lowest BCUT2D eigenvalue weighted by atomic mass is 10.0. The lowest BCUT2D eigenvalue weighted by molar-refractivity contribution is -0.108. The van der Waals surface area contributed by atoms with Gasteiger partial charge in [0.05, 0.1) is 11.4 Å². The minimum absolute atomic E-state index is 0.175. The fourth-order valence-corrected chi connectivity index (χ4v) is 4.78. The molecule has 0 spiro atoms. The van der Waals surface area contributed by atoms with Crippen molar-refractivity contribution in [3.63, 3.8) is 0 Å². The molecular weight excluding hydrogens is 442 g/mol. The van der Waals surface area contributed by atoms with Crippen LogP contribution in [-0.2, 0) is 4.79 Å². The number of piperidine rings is 1. The third-order valence-electron chi connectivity index (χ3n) is 6.52. The summed E-state index contributed by atoms with van der Waals surface area (Å²) < 4.78 is 0. The van der Waals surface area contributed by atoms with Gasteiger partial charge in [-0.25, -0.2) is 0 Å². The fraction of sp³-hybridized carbons (Fsp3) is 0.481. The molecule has 1 aromatic rings. The highest BCUT2D eigenvalue weighted by Gasteiger charge is 2.27. The molecule has 0 radical (unpaired) electrons. The third kappa shape index (κ3) is 7.43. The van der Waals surface area contributed by atoms with Crippen LogP contribution in [-0.4, -0.2) is 69.3 Å². The summed E-state index contributed by atoms with van der Waals surface area (Å²) in [6, 6.07) is 8.40. The van der Waals surface area contributed by atoms with Crippen LogP contribution in [0.2, 0.25) is 0 Å². The Bertz CT molecular complexity index is 889. The highest BCUT2D eigenvalue weighted by molar-refractivity contribution is 7.80. The number of hydrogen-bond acceptors (Lipinski definition) is 4. The Kier molecular flexibility index (Phi) is 10.6. The van der Waals surface area contributed by atoms with Crippen molar-refractivity contribution in [2.24, 2.45) is 0 Å². The van der Waals surface area contributed by atoms with E-state index in [0.717, 1.165) is 87.7 Å². The van der Waals surface area contributed by atoms with E-state index in [9.17, 15) is 4.79 Å². The zero-order chi connectivity index (χ0) is 24.2. The Balaban J connectivity index is 1.55. The van der Waals surface area contributed by atoms with Crippen LogP contribution in [0.3, 0.4) is 0 Å². The molecule has 0 unspecified atom stereocenters. The van der Waals surface area contributed by atoms with Crippen LogP contribution in [0.5, 0.6) is 0 Å². The van der Waals surface area contributed by atoms with Crippen LogP contribution in [0.1, 0.15) is 32.1 Å². The van der Waals surface area contributed by atoms with E-state index in [2.05, 4.69) is 70.0 Å². The summed E-state index contributed by atoms with van der Waals surface area (Å²) >= 11 is 5.70. The van der Waals surface area contributed by atoms with Crippen molar-refractivity contribution < 1.29 is 4.79 Å². The Morgan fingerprint density at radius 1 is 1.18 bits per heavy atom. The van der Waals surface area contributed by atoms with Crippen molar-refractivity contribution in [2.75, 3.05) is 56.6 Å². The zero-order valence-corrected chi connectivity index (χ0v) is 21.4. The fourth-order valence-electron chi connectivity index (χ4n) is 4.52. The molecule has 6 nitrogen and oxygen atoms in total. The number of nitrogens with zero attached hydrogens (tertiary/aromatic N) is 3. The molecule has 0 aromatic heterocycles. The number of thiocarbonyl (C=S) groups is 1. The molecule has 1 aliphatic heterocycles. The van der Waals surface area contributed by atoms with Gasteiger partial charge in [-0.05, 0) is 70.0 Å². The van der Waals surface area contributed by atoms with E-state index >= 15 is 0 Å². The predicted octanol–water partition coefficient (Wildman–Crippen LogP) is 3.87. The lowest BCUT2D eigenvalue weighted by Gasteiger charge is -2.39. The van der Waals surface area contributed by atoms with E-state index in [1.54, 1.807) is 0 Å². The average molecular weight is 482 g/mol. The van der Waals surface area contributed by atoms with Gasteiger partial charge in [0.25, 0.3) is 0 Å². The van der Waals surface area contributed by atoms with Gasteiger partial charge in [-0.3, -0.25) is 4.79 Å². The summed E-state index contributed by atoms with van der Waals surface area (Å²) in [5.74, 6) is 0. The number of likely N-dealkylation sites (tertiary alicyclic amines) is 1. The minimum Gasteiger partial charge on any atom is -0.373 e. The van der Waals surface area contributed by atoms with Gasteiger partial charge in [0.15, 0.2) is 5.11 Å². The van der Waals surface area contributed by atoms with Gasteiger partial charge in [0.2, 0.25) is 6.41 Å². The molecule has 1 aliphatic carbocycles. The Morgan fingerprint density at radius 2 is 1.91 bits per heavy atom. The second-order valence-electron chi connectivity index (χ2n) is 8.92. The molecule has 34 heavy (non-hydrogen) atoms. The third-order valence-corrected chi connectivity index (χ3v) is 6.93. The maximum atomic E-state index is 12.2. The van der Waals surface area contributed by atoms with Crippen molar-refractivity contribution in [3.8, 4) is 0 Å². The first kappa shape index (κ1) is 26.0. The Morgan fingerprint density at radius 3 is 2.65 bits per heavy atom. The summed E-state index contributed by atoms with van der Waals surface area (Å²) in [4.78, 5) is 18.6. The van der Waals surface area contributed by atoms with Gasteiger partial charge in [-0.1, -0.05) is 48.1 Å². The highest BCUT2D eigenvalue weighted by Crippen LogP contribution is 2.31. The molecule has 3 rings (SSSR count). The molecule has 0 bridgehead atoms. The number of carbonyl (C=O) groups excluding carboxylic acids is 1. The first-order valence-electron chi connectivity index (χ1n) is 12.3. The molecule has 1 saturated heterocycles. The number of rotatable bonds is 10. The lowest BCUT2D eigenvalue weighted by Crippen LogP contribution is -2.49. The second kappa shape index (κ2) is 13.9. The SMILES string of the molecule is CNCCCN(C)c1ccccc1N(C=O)C1CCN(C(=S)NC/C2=C/C/C=C\C=C/C2)CC1. The van der Waals surface area contributed by atoms with Crippen LogP contribution in [0.25, 0.3) is 0 Å². The molecular formula is C27H39N5OS. The van der Waals surface area contributed by atoms with E-state index in [4.69, 9.17) is 12.2 Å². The van der Waals surface area contributed by atoms with E-state index in [0.29, 0.717) is 0 Å². The van der Waals surface area contributed by atoms with E-state index in [1.807, 2.05) is 24.1 Å². The molecule has 0 atom stereocenters. The quantitative estimate of drug-likeness (QED) is 0.229. The molecule has 2 aliphatic rings. The number of amides is 1. The minimum atomic E-state index is 0.175. The summed E-state index contributed by atoms with van der Waals surface area (Å²) in [5.41, 5.74) is 3.45. The molecule has 7 heteroatoms. The van der Waals surface area contributed by atoms with Gasteiger partial charge in [0.1, 0.15) is 0 Å². The van der Waals surface area contributed by atoms with E-state index < -0.39 is 0 Å². The first-order valence-corrected chi connectivity index (χ1v) is 12.8. The smallest absolute Gasteiger partial charge is 0.214 e. The van der Waals surface area contributed by atoms with Crippen molar-refractivity contribution in [1.82, 2.24) is 15.5 Å². The van der Waals surface area contributed by atoms with Gasteiger partial charge >= 0.3 is 0 Å². The van der Waals surface area contributed by atoms with Crippen molar-refractivity contribution in [1.29, 1.82) is 0 Å². The Hall–Kier alpha value is -2.64. The topological polar surface area (TPSA) is 50.9 Å². The number of allylic oxidation sites excluding steroid dienone is 5. The van der Waals surface area contributed by atoms with Gasteiger partial charge in [-0.15, -0.1) is 0 Å². The first-order chi connectivity index (χ1) is 16.6. The summed E-state index contributed by atoms with van der Waals surface area (Å²) in [7, 11) is 4.07. The molecule has 1 heterocycles. The number of nitrogens with one attached hydrogen (secondary N) is 2. The van der Waals surface area contributed by atoms with Crippen LogP contribution < -0.4 is 20.4 Å². The van der Waals surface area contributed by atoms with Crippen molar-refractivity contribution >= 4 is 35.1 Å². The zero-order valence-electron chi connectivity index (χ0n) is 20.6. The van der Waals surface area contributed by atoms with Crippen molar-refractivity contribution in [2.45, 2.75) is 38.1 Å². The van der Waals surface area contributed by atoms with Crippen LogP contribution in [0.15, 0.2) is 60.2 Å². The normalized spacial score (nSPS) is 19.8. The van der Waals surface area contributed by atoms with Crippen LogP contribution in [0, 0.1) is 0 Å². The molecule has 1 fully saturated rings. The molecule has 184 valence electrons. The Labute approximate surface area is 210 Å². The number of hydrogen-bond donors (Lipinski definition) is 2.